The summed E-state index contributed by atoms with van der Waals surface area (Å²) >= 11 is 7.19. The number of allylic oxidation sites excluding steroid dienone is 1. The predicted octanol–water partition coefficient (Wildman–Crippen LogP) is 2.74. The van der Waals surface area contributed by atoms with Crippen LogP contribution in [0.1, 0.15) is 5.56 Å². The quantitative estimate of drug-likeness (QED) is 0.733. The molecule has 2 rings (SSSR count). The molecule has 3 nitrogen and oxygen atoms in total. The van der Waals surface area contributed by atoms with Crippen molar-refractivity contribution < 1.29 is 4.79 Å². The molecule has 0 saturated carbocycles. The number of rotatable bonds is 1. The van der Waals surface area contributed by atoms with Crippen LogP contribution in [0.3, 0.4) is 0 Å². The normalized spacial score (nSPS) is 18.2. The minimum atomic E-state index is 0.0201. The molecule has 1 saturated heterocycles. The van der Waals surface area contributed by atoms with Crippen LogP contribution in [0.4, 0.5) is 0 Å². The monoisotopic (exact) mass is 264 g/mol. The number of thioether (sulfide) groups is 1. The van der Waals surface area contributed by atoms with E-state index in [4.69, 9.17) is 11.6 Å². The zero-order valence-electron chi connectivity index (χ0n) is 9.11. The molecule has 0 aliphatic carbocycles. The van der Waals surface area contributed by atoms with Gasteiger partial charge in [0.25, 0.3) is 0 Å². The molecular weight excluding hydrogens is 256 g/mol. The lowest BCUT2D eigenvalue weighted by atomic mass is 10.1. The van der Waals surface area contributed by atoms with Gasteiger partial charge in [-0.25, -0.2) is 0 Å². The van der Waals surface area contributed by atoms with Gasteiger partial charge in [0.05, 0.1) is 16.4 Å². The van der Waals surface area contributed by atoms with Crippen LogP contribution in [0.15, 0.2) is 29.3 Å². The van der Waals surface area contributed by atoms with Crippen LogP contribution in [-0.4, -0.2) is 23.6 Å². The molecule has 0 spiro atoms. The van der Waals surface area contributed by atoms with Crippen LogP contribution in [-0.2, 0) is 4.79 Å². The van der Waals surface area contributed by atoms with E-state index in [0.717, 1.165) is 5.56 Å². The van der Waals surface area contributed by atoms with Gasteiger partial charge in [-0.3, -0.25) is 4.79 Å². The van der Waals surface area contributed by atoms with Gasteiger partial charge >= 0.3 is 0 Å². The average molecular weight is 265 g/mol. The molecule has 1 aromatic carbocycles. The van der Waals surface area contributed by atoms with Gasteiger partial charge in [0, 0.05) is 12.1 Å². The number of benzene rings is 1. The van der Waals surface area contributed by atoms with Crippen LogP contribution >= 0.6 is 23.4 Å². The van der Waals surface area contributed by atoms with Crippen molar-refractivity contribution in [2.45, 2.75) is 0 Å². The van der Waals surface area contributed by atoms with E-state index >= 15 is 0 Å². The molecule has 86 valence electrons. The predicted molar refractivity (Wildman–Crippen MR) is 69.2 cm³/mol. The highest BCUT2D eigenvalue weighted by atomic mass is 35.5. The van der Waals surface area contributed by atoms with Crippen LogP contribution in [0.5, 0.6) is 0 Å². The number of carbonyl (C=O) groups excluding carboxylic acids is 1. The maximum Gasteiger partial charge on any atom is 0.237 e. The highest BCUT2D eigenvalue weighted by molar-refractivity contribution is 8.04. The molecule has 1 aliphatic rings. The van der Waals surface area contributed by atoms with E-state index in [-0.39, 0.29) is 5.91 Å². The first kappa shape index (κ1) is 12.0. The molecule has 0 aromatic heterocycles. The van der Waals surface area contributed by atoms with Gasteiger partial charge in [-0.2, -0.15) is 5.26 Å². The Hall–Kier alpha value is -1.44. The third-order valence-electron chi connectivity index (χ3n) is 2.47. The van der Waals surface area contributed by atoms with E-state index < -0.39 is 0 Å². The number of halogens is 1. The van der Waals surface area contributed by atoms with E-state index in [1.54, 1.807) is 31.3 Å². The summed E-state index contributed by atoms with van der Waals surface area (Å²) in [6, 6.07) is 9.18. The van der Waals surface area contributed by atoms with Gasteiger partial charge in [0.2, 0.25) is 5.91 Å². The third-order valence-corrected chi connectivity index (χ3v) is 3.86. The summed E-state index contributed by atoms with van der Waals surface area (Å²) in [5.41, 5.74) is 1.29. The highest BCUT2D eigenvalue weighted by Crippen LogP contribution is 2.34. The summed E-state index contributed by atoms with van der Waals surface area (Å²) < 4.78 is 0. The van der Waals surface area contributed by atoms with E-state index in [1.807, 2.05) is 0 Å². The largest absolute Gasteiger partial charge is 0.308 e. The van der Waals surface area contributed by atoms with Crippen molar-refractivity contribution in [2.24, 2.45) is 0 Å². The first-order chi connectivity index (χ1) is 8.13. The Morgan fingerprint density at radius 3 is 2.59 bits per heavy atom. The summed E-state index contributed by atoms with van der Waals surface area (Å²) in [6.07, 6.45) is 0. The molecule has 1 fully saturated rings. The zero-order valence-corrected chi connectivity index (χ0v) is 10.7. The smallest absolute Gasteiger partial charge is 0.237 e. The lowest BCUT2D eigenvalue weighted by molar-refractivity contribution is -0.124. The Morgan fingerprint density at radius 2 is 2.12 bits per heavy atom. The van der Waals surface area contributed by atoms with Crippen molar-refractivity contribution in [3.63, 3.8) is 0 Å². The van der Waals surface area contributed by atoms with Crippen molar-refractivity contribution in [3.05, 3.63) is 39.9 Å². The SMILES string of the molecule is CN1C(=O)CS/C1=C(/C#N)c1ccc(Cl)cc1. The van der Waals surface area contributed by atoms with Gasteiger partial charge in [-0.05, 0) is 17.7 Å². The Labute approximate surface area is 109 Å². The summed E-state index contributed by atoms with van der Waals surface area (Å²) in [6.45, 7) is 0. The fourth-order valence-electron chi connectivity index (χ4n) is 1.53. The molecular formula is C12H9ClN2OS. The molecule has 0 radical (unpaired) electrons. The lowest BCUT2D eigenvalue weighted by Gasteiger charge is -2.11. The Morgan fingerprint density at radius 1 is 1.47 bits per heavy atom. The molecule has 1 heterocycles. The molecule has 1 amide bonds. The van der Waals surface area contributed by atoms with E-state index in [9.17, 15) is 10.1 Å². The lowest BCUT2D eigenvalue weighted by Crippen LogP contribution is -2.19. The van der Waals surface area contributed by atoms with Crippen molar-refractivity contribution >= 4 is 34.8 Å². The summed E-state index contributed by atoms with van der Waals surface area (Å²) in [4.78, 5) is 13.0. The molecule has 0 unspecified atom stereocenters. The van der Waals surface area contributed by atoms with Gasteiger partial charge in [-0.1, -0.05) is 35.5 Å². The van der Waals surface area contributed by atoms with Crippen molar-refractivity contribution in [3.8, 4) is 6.07 Å². The first-order valence-corrected chi connectivity index (χ1v) is 6.29. The summed E-state index contributed by atoms with van der Waals surface area (Å²) in [5, 5.41) is 10.6. The fourth-order valence-corrected chi connectivity index (χ4v) is 2.71. The Kier molecular flexibility index (Phi) is 3.41. The molecule has 0 N–H and O–H groups in total. The zero-order chi connectivity index (χ0) is 12.4. The molecule has 0 atom stereocenters. The second kappa shape index (κ2) is 4.82. The first-order valence-electron chi connectivity index (χ1n) is 4.93. The summed E-state index contributed by atoms with van der Waals surface area (Å²) in [5.74, 6) is 0.414. The van der Waals surface area contributed by atoms with Crippen molar-refractivity contribution in [2.75, 3.05) is 12.8 Å². The average Bonchev–Trinajstić information content (AvgIpc) is 2.65. The van der Waals surface area contributed by atoms with Gasteiger partial charge in [-0.15, -0.1) is 0 Å². The van der Waals surface area contributed by atoms with Crippen LogP contribution in [0, 0.1) is 11.3 Å². The van der Waals surface area contributed by atoms with Crippen molar-refractivity contribution in [1.29, 1.82) is 5.26 Å². The van der Waals surface area contributed by atoms with E-state index in [2.05, 4.69) is 6.07 Å². The number of amides is 1. The fraction of sp³-hybridized carbons (Fsp3) is 0.167. The summed E-state index contributed by atoms with van der Waals surface area (Å²) in [7, 11) is 1.69. The van der Waals surface area contributed by atoms with Crippen LogP contribution in [0.25, 0.3) is 5.57 Å². The number of hydrogen-bond donors (Lipinski definition) is 0. The van der Waals surface area contributed by atoms with Crippen LogP contribution in [0.2, 0.25) is 5.02 Å². The van der Waals surface area contributed by atoms with Crippen molar-refractivity contribution in [1.82, 2.24) is 4.90 Å². The van der Waals surface area contributed by atoms with E-state index in [1.165, 1.54) is 16.7 Å². The molecule has 1 aliphatic heterocycles. The van der Waals surface area contributed by atoms with E-state index in [0.29, 0.717) is 21.4 Å². The topological polar surface area (TPSA) is 44.1 Å². The highest BCUT2D eigenvalue weighted by Gasteiger charge is 2.26. The number of carbonyl (C=O) groups is 1. The number of nitrogens with zero attached hydrogens (tertiary/aromatic N) is 2. The van der Waals surface area contributed by atoms with Crippen LogP contribution < -0.4 is 0 Å². The Balaban J connectivity index is 2.47. The second-order valence-corrected chi connectivity index (χ2v) is 4.94. The number of nitriles is 1. The van der Waals surface area contributed by atoms with Gasteiger partial charge in [0.15, 0.2) is 0 Å². The second-order valence-electron chi connectivity index (χ2n) is 3.54. The maximum atomic E-state index is 11.4. The molecule has 17 heavy (non-hydrogen) atoms. The molecule has 1 aromatic rings. The standard InChI is InChI=1S/C12H9ClN2OS/c1-15-11(16)7-17-12(15)10(6-14)8-2-4-9(13)5-3-8/h2-5H,7H2,1H3/b12-10-. The van der Waals surface area contributed by atoms with Gasteiger partial charge in [0.1, 0.15) is 6.07 Å². The number of hydrogen-bond acceptors (Lipinski definition) is 3. The Bertz CT molecular complexity index is 530. The maximum absolute atomic E-state index is 11.4. The third kappa shape index (κ3) is 2.31. The van der Waals surface area contributed by atoms with Gasteiger partial charge < -0.3 is 4.90 Å². The molecule has 5 heteroatoms. The minimum absolute atomic E-state index is 0.0201. The minimum Gasteiger partial charge on any atom is -0.308 e. The molecule has 0 bridgehead atoms.